The number of fused-ring (bicyclic) bond motifs is 1. The Labute approximate surface area is 135 Å². The molecule has 2 aliphatic rings. The van der Waals surface area contributed by atoms with E-state index in [1.807, 2.05) is 12.1 Å². The lowest BCUT2D eigenvalue weighted by atomic mass is 10.0. The molecule has 1 amide bonds. The van der Waals surface area contributed by atoms with Gasteiger partial charge >= 0.3 is 0 Å². The number of hydrogen-bond donors (Lipinski definition) is 1. The first-order chi connectivity index (χ1) is 11.3. The van der Waals surface area contributed by atoms with E-state index in [2.05, 4.69) is 20.2 Å². The Morgan fingerprint density at radius 2 is 2.00 bits per heavy atom. The lowest BCUT2D eigenvalue weighted by Crippen LogP contribution is -2.46. The third-order valence-corrected chi connectivity index (χ3v) is 4.99. The normalized spacial score (nSPS) is 20.3. The van der Waals surface area contributed by atoms with E-state index < -0.39 is 0 Å². The van der Waals surface area contributed by atoms with Gasteiger partial charge in [-0.1, -0.05) is 12.8 Å². The number of hydrogen-bond acceptors (Lipinski definition) is 5. The third kappa shape index (κ3) is 3.02. The predicted octanol–water partition coefficient (Wildman–Crippen LogP) is 2.50. The lowest BCUT2D eigenvalue weighted by molar-refractivity contribution is -0.125. The number of anilines is 1. The van der Waals surface area contributed by atoms with Gasteiger partial charge in [0.15, 0.2) is 5.58 Å². The minimum Gasteiger partial charge on any atom is -0.422 e. The summed E-state index contributed by atoms with van der Waals surface area (Å²) >= 11 is 0. The molecule has 1 saturated carbocycles. The van der Waals surface area contributed by atoms with Gasteiger partial charge in [0.05, 0.1) is 0 Å². The van der Waals surface area contributed by atoms with Gasteiger partial charge in [0.1, 0.15) is 0 Å². The lowest BCUT2D eigenvalue weighted by Gasteiger charge is -2.31. The molecule has 1 aliphatic carbocycles. The number of carbonyl (C=O) groups excluding carboxylic acids is 1. The van der Waals surface area contributed by atoms with E-state index in [0.29, 0.717) is 11.7 Å². The second kappa shape index (κ2) is 6.18. The molecular formula is C17H22N4O2. The number of aromatic nitrogens is 2. The van der Waals surface area contributed by atoms with Crippen LogP contribution in [0.3, 0.4) is 0 Å². The zero-order valence-corrected chi connectivity index (χ0v) is 13.2. The summed E-state index contributed by atoms with van der Waals surface area (Å²) in [7, 11) is 0. The second-order valence-electron chi connectivity index (χ2n) is 6.57. The molecular weight excluding hydrogens is 292 g/mol. The summed E-state index contributed by atoms with van der Waals surface area (Å²) in [5.74, 6) is 0.503. The van der Waals surface area contributed by atoms with Crippen molar-refractivity contribution in [2.45, 2.75) is 44.6 Å². The standard InChI is InChI=1S/C17H22N4O2/c22-16(12-4-1-2-5-12)19-13-7-10-21(11-8-13)17-20-15-14(23-17)6-3-9-18-15/h3,6,9,12-13H,1-2,4-5,7-8,10-11H2,(H,19,22). The summed E-state index contributed by atoms with van der Waals surface area (Å²) in [5, 5.41) is 3.23. The number of pyridine rings is 1. The predicted molar refractivity (Wildman–Crippen MR) is 87.1 cm³/mol. The molecule has 1 saturated heterocycles. The van der Waals surface area contributed by atoms with Crippen molar-refractivity contribution in [3.63, 3.8) is 0 Å². The van der Waals surface area contributed by atoms with Crippen LogP contribution in [0.4, 0.5) is 6.01 Å². The van der Waals surface area contributed by atoms with E-state index >= 15 is 0 Å². The van der Waals surface area contributed by atoms with Gasteiger partial charge in [-0.25, -0.2) is 4.98 Å². The first kappa shape index (κ1) is 14.5. The highest BCUT2D eigenvalue weighted by Crippen LogP contribution is 2.26. The summed E-state index contributed by atoms with van der Waals surface area (Å²) in [6, 6.07) is 4.65. The number of nitrogens with zero attached hydrogens (tertiary/aromatic N) is 3. The summed E-state index contributed by atoms with van der Waals surface area (Å²) in [6.07, 6.45) is 8.10. The van der Waals surface area contributed by atoms with Gasteiger partial charge in [-0.3, -0.25) is 4.79 Å². The third-order valence-electron chi connectivity index (χ3n) is 4.99. The molecule has 0 radical (unpaired) electrons. The molecule has 2 fully saturated rings. The van der Waals surface area contributed by atoms with Crippen LogP contribution in [0, 0.1) is 5.92 Å². The smallest absolute Gasteiger partial charge is 0.299 e. The molecule has 0 bridgehead atoms. The molecule has 0 spiro atoms. The van der Waals surface area contributed by atoms with Crippen molar-refractivity contribution >= 4 is 23.2 Å². The molecule has 0 unspecified atom stereocenters. The van der Waals surface area contributed by atoms with Crippen molar-refractivity contribution in [3.05, 3.63) is 18.3 Å². The molecule has 3 heterocycles. The molecule has 1 aliphatic heterocycles. The van der Waals surface area contributed by atoms with Crippen LogP contribution < -0.4 is 10.2 Å². The van der Waals surface area contributed by atoms with E-state index in [4.69, 9.17) is 4.42 Å². The number of rotatable bonds is 3. The van der Waals surface area contributed by atoms with Crippen LogP contribution in [0.25, 0.3) is 11.2 Å². The maximum atomic E-state index is 12.2. The van der Waals surface area contributed by atoms with Crippen molar-refractivity contribution in [2.24, 2.45) is 5.92 Å². The molecule has 0 aromatic carbocycles. The molecule has 4 rings (SSSR count). The summed E-state index contributed by atoms with van der Waals surface area (Å²) in [5.41, 5.74) is 1.37. The Hall–Kier alpha value is -2.11. The van der Waals surface area contributed by atoms with Crippen molar-refractivity contribution < 1.29 is 9.21 Å². The van der Waals surface area contributed by atoms with Crippen molar-refractivity contribution in [3.8, 4) is 0 Å². The number of amides is 1. The summed E-state index contributed by atoms with van der Waals surface area (Å²) < 4.78 is 5.77. The van der Waals surface area contributed by atoms with Gasteiger partial charge in [0.2, 0.25) is 11.6 Å². The van der Waals surface area contributed by atoms with E-state index in [-0.39, 0.29) is 17.9 Å². The fraction of sp³-hybridized carbons (Fsp3) is 0.588. The number of carbonyl (C=O) groups is 1. The largest absolute Gasteiger partial charge is 0.422 e. The Bertz CT molecular complexity index is 652. The summed E-state index contributed by atoms with van der Waals surface area (Å²) in [6.45, 7) is 1.70. The SMILES string of the molecule is O=C(NC1CCN(c2nc3ncccc3o2)CC1)C1CCCC1. The first-order valence-corrected chi connectivity index (χ1v) is 8.56. The number of piperidine rings is 1. The molecule has 2 aromatic heterocycles. The van der Waals surface area contributed by atoms with E-state index in [9.17, 15) is 4.79 Å². The van der Waals surface area contributed by atoms with Crippen molar-refractivity contribution in [1.82, 2.24) is 15.3 Å². The molecule has 6 heteroatoms. The zero-order valence-electron chi connectivity index (χ0n) is 13.2. The Morgan fingerprint density at radius 3 is 2.74 bits per heavy atom. The first-order valence-electron chi connectivity index (χ1n) is 8.56. The molecule has 6 nitrogen and oxygen atoms in total. The Kier molecular flexibility index (Phi) is 3.89. The molecule has 1 N–H and O–H groups in total. The minimum absolute atomic E-state index is 0.246. The van der Waals surface area contributed by atoms with Gasteiger partial charge in [0, 0.05) is 31.2 Å². The van der Waals surface area contributed by atoms with E-state index in [0.717, 1.165) is 44.4 Å². The maximum Gasteiger partial charge on any atom is 0.299 e. The van der Waals surface area contributed by atoms with Gasteiger partial charge in [-0.05, 0) is 37.8 Å². The average molecular weight is 314 g/mol. The van der Waals surface area contributed by atoms with Crippen LogP contribution >= 0.6 is 0 Å². The van der Waals surface area contributed by atoms with E-state index in [1.54, 1.807) is 6.20 Å². The van der Waals surface area contributed by atoms with Crippen molar-refractivity contribution in [1.29, 1.82) is 0 Å². The van der Waals surface area contributed by atoms with Gasteiger partial charge in [-0.15, -0.1) is 0 Å². The van der Waals surface area contributed by atoms with Crippen molar-refractivity contribution in [2.75, 3.05) is 18.0 Å². The van der Waals surface area contributed by atoms with Gasteiger partial charge in [-0.2, -0.15) is 4.98 Å². The number of oxazole rings is 1. The maximum absolute atomic E-state index is 12.2. The topological polar surface area (TPSA) is 71.3 Å². The summed E-state index contributed by atoms with van der Waals surface area (Å²) in [4.78, 5) is 23.0. The van der Waals surface area contributed by atoms with Gasteiger partial charge in [0.25, 0.3) is 6.01 Å². The second-order valence-corrected chi connectivity index (χ2v) is 6.57. The minimum atomic E-state index is 0.246. The van der Waals surface area contributed by atoms with Gasteiger partial charge < -0.3 is 14.6 Å². The molecule has 23 heavy (non-hydrogen) atoms. The molecule has 2 aromatic rings. The Balaban J connectivity index is 1.34. The van der Waals surface area contributed by atoms with E-state index in [1.165, 1.54) is 12.8 Å². The van der Waals surface area contributed by atoms with Crippen LogP contribution in [-0.4, -0.2) is 35.0 Å². The molecule has 0 atom stereocenters. The fourth-order valence-corrected chi connectivity index (χ4v) is 3.62. The van der Waals surface area contributed by atoms with Crippen LogP contribution in [-0.2, 0) is 4.79 Å². The van der Waals surface area contributed by atoms with Crippen LogP contribution in [0.5, 0.6) is 0 Å². The molecule has 122 valence electrons. The number of nitrogens with one attached hydrogen (secondary N) is 1. The highest BCUT2D eigenvalue weighted by atomic mass is 16.4. The average Bonchev–Trinajstić information content (AvgIpc) is 3.25. The fourth-order valence-electron chi connectivity index (χ4n) is 3.62. The highest BCUT2D eigenvalue weighted by molar-refractivity contribution is 5.79. The monoisotopic (exact) mass is 314 g/mol. The zero-order chi connectivity index (χ0) is 15.6. The van der Waals surface area contributed by atoms with Crippen LogP contribution in [0.15, 0.2) is 22.7 Å². The Morgan fingerprint density at radius 1 is 1.22 bits per heavy atom. The van der Waals surface area contributed by atoms with Crippen LogP contribution in [0.2, 0.25) is 0 Å². The highest BCUT2D eigenvalue weighted by Gasteiger charge is 2.27. The quantitative estimate of drug-likeness (QED) is 0.942. The van der Waals surface area contributed by atoms with Crippen LogP contribution in [0.1, 0.15) is 38.5 Å².